The molecule has 0 aliphatic heterocycles. The van der Waals surface area contributed by atoms with Gasteiger partial charge in [-0.3, -0.25) is 9.59 Å². The smallest absolute Gasteiger partial charge is 0.323 e. The normalized spacial score (nSPS) is 14.4. The number of aliphatic carboxylic acids is 1. The van der Waals surface area contributed by atoms with Crippen molar-refractivity contribution >= 4 is 30.2 Å². The lowest BCUT2D eigenvalue weighted by atomic mass is 9.80. The van der Waals surface area contributed by atoms with Crippen molar-refractivity contribution in [3.8, 4) is 0 Å². The Kier molecular flexibility index (Phi) is 7.48. The number of carboxylic acid groups (broad SMARTS) is 1. The van der Waals surface area contributed by atoms with Gasteiger partial charge in [0, 0.05) is 10.9 Å². The van der Waals surface area contributed by atoms with E-state index in [1.165, 1.54) is 4.90 Å². The molecule has 0 fully saturated rings. The number of thiol groups is 1. The predicted octanol–water partition coefficient (Wildman–Crippen LogP) is 4.48. The van der Waals surface area contributed by atoms with Crippen molar-refractivity contribution in [2.24, 2.45) is 11.8 Å². The van der Waals surface area contributed by atoms with Gasteiger partial charge in [-0.05, 0) is 29.5 Å². The Balaban J connectivity index is 2.45. The first-order chi connectivity index (χ1) is 12.8. The lowest BCUT2D eigenvalue weighted by Gasteiger charge is -2.34. The number of hydrogen-bond donors (Lipinski definition) is 2. The summed E-state index contributed by atoms with van der Waals surface area (Å²) in [7, 11) is 0. The van der Waals surface area contributed by atoms with Crippen LogP contribution in [-0.4, -0.2) is 28.8 Å². The van der Waals surface area contributed by atoms with E-state index in [9.17, 15) is 14.7 Å². The van der Waals surface area contributed by atoms with Gasteiger partial charge in [0.15, 0.2) is 0 Å². The first kappa shape index (κ1) is 21.0. The van der Waals surface area contributed by atoms with E-state index < -0.39 is 11.9 Å². The lowest BCUT2D eigenvalue weighted by Crippen LogP contribution is -2.45. The van der Waals surface area contributed by atoms with E-state index in [1.54, 1.807) is 24.3 Å². The fourth-order valence-electron chi connectivity index (χ4n) is 3.25. The minimum Gasteiger partial charge on any atom is -0.480 e. The largest absolute Gasteiger partial charge is 0.480 e. The van der Waals surface area contributed by atoms with Gasteiger partial charge in [0.25, 0.3) is 0 Å². The summed E-state index contributed by atoms with van der Waals surface area (Å²) in [4.78, 5) is 26.4. The van der Waals surface area contributed by atoms with E-state index in [0.717, 1.165) is 5.56 Å². The maximum atomic E-state index is 13.6. The third-order valence-corrected chi connectivity index (χ3v) is 5.74. The van der Waals surface area contributed by atoms with E-state index in [-0.39, 0.29) is 29.5 Å². The van der Waals surface area contributed by atoms with Crippen LogP contribution >= 0.6 is 12.6 Å². The molecule has 3 unspecified atom stereocenters. The number of para-hydroxylation sites is 1. The first-order valence-electron chi connectivity index (χ1n) is 9.14. The van der Waals surface area contributed by atoms with Gasteiger partial charge in [0.2, 0.25) is 5.91 Å². The second kappa shape index (κ2) is 9.60. The molecule has 0 bridgehead atoms. The number of benzene rings is 2. The van der Waals surface area contributed by atoms with E-state index in [4.69, 9.17) is 12.6 Å². The molecule has 1 N–H and O–H groups in total. The highest BCUT2D eigenvalue weighted by atomic mass is 32.1. The molecule has 27 heavy (non-hydrogen) atoms. The quantitative estimate of drug-likeness (QED) is 0.659. The van der Waals surface area contributed by atoms with Gasteiger partial charge in [-0.15, -0.1) is 0 Å². The molecule has 5 heteroatoms. The summed E-state index contributed by atoms with van der Waals surface area (Å²) >= 11 is 4.75. The molecule has 2 aromatic carbocycles. The maximum absolute atomic E-state index is 13.6. The van der Waals surface area contributed by atoms with Crippen LogP contribution in [0.4, 0.5) is 5.69 Å². The van der Waals surface area contributed by atoms with Gasteiger partial charge >= 0.3 is 5.97 Å². The monoisotopic (exact) mass is 385 g/mol. The molecule has 0 spiro atoms. The third-order valence-electron chi connectivity index (χ3n) is 4.83. The van der Waals surface area contributed by atoms with Gasteiger partial charge < -0.3 is 10.0 Å². The summed E-state index contributed by atoms with van der Waals surface area (Å²) in [6.45, 7) is 5.69. The molecule has 0 aliphatic rings. The van der Waals surface area contributed by atoms with E-state index in [2.05, 4.69) is 0 Å². The van der Waals surface area contributed by atoms with Crippen molar-refractivity contribution in [3.05, 3.63) is 66.2 Å². The van der Waals surface area contributed by atoms with Gasteiger partial charge in [-0.2, -0.15) is 12.6 Å². The first-order valence-corrected chi connectivity index (χ1v) is 9.65. The molecule has 0 heterocycles. The van der Waals surface area contributed by atoms with Crippen LogP contribution in [-0.2, 0) is 9.59 Å². The SMILES string of the molecule is CC(C)C(S)C(C(=O)N(CC(=O)O)c1ccccc1)C(C)c1ccccc1. The molecular weight excluding hydrogens is 358 g/mol. The minimum absolute atomic E-state index is 0.0939. The van der Waals surface area contributed by atoms with Crippen LogP contribution in [0.2, 0.25) is 0 Å². The number of anilines is 1. The zero-order chi connectivity index (χ0) is 20.0. The molecular formula is C22H27NO3S. The van der Waals surface area contributed by atoms with Crippen molar-refractivity contribution in [3.63, 3.8) is 0 Å². The Hall–Kier alpha value is -2.27. The van der Waals surface area contributed by atoms with Crippen molar-refractivity contribution in [2.75, 3.05) is 11.4 Å². The maximum Gasteiger partial charge on any atom is 0.323 e. The third kappa shape index (κ3) is 5.36. The Morgan fingerprint density at radius 2 is 1.48 bits per heavy atom. The van der Waals surface area contributed by atoms with Crippen molar-refractivity contribution < 1.29 is 14.7 Å². The fourth-order valence-corrected chi connectivity index (χ4v) is 3.64. The van der Waals surface area contributed by atoms with Crippen LogP contribution in [0.1, 0.15) is 32.3 Å². The summed E-state index contributed by atoms with van der Waals surface area (Å²) in [5.74, 6) is -1.64. The summed E-state index contributed by atoms with van der Waals surface area (Å²) in [5, 5.41) is 9.17. The highest BCUT2D eigenvalue weighted by molar-refractivity contribution is 7.81. The molecule has 0 saturated heterocycles. The Bertz CT molecular complexity index is 749. The van der Waals surface area contributed by atoms with Crippen LogP contribution in [0.15, 0.2) is 60.7 Å². The topological polar surface area (TPSA) is 57.6 Å². The number of amides is 1. The summed E-state index contributed by atoms with van der Waals surface area (Å²) in [6, 6.07) is 18.8. The molecule has 2 aromatic rings. The standard InChI is InChI=1S/C22H27NO3S/c1-15(2)21(27)20(16(3)17-10-6-4-7-11-17)22(26)23(14-19(24)25)18-12-8-5-9-13-18/h4-13,15-16,20-21,27H,14H2,1-3H3,(H,24,25). The predicted molar refractivity (Wildman–Crippen MR) is 112 cm³/mol. The Morgan fingerprint density at radius 1 is 0.963 bits per heavy atom. The number of carbonyl (C=O) groups is 2. The number of rotatable bonds is 8. The summed E-state index contributed by atoms with van der Waals surface area (Å²) < 4.78 is 0. The minimum atomic E-state index is -1.04. The van der Waals surface area contributed by atoms with Crippen molar-refractivity contribution in [1.29, 1.82) is 0 Å². The average Bonchev–Trinajstić information content (AvgIpc) is 2.67. The average molecular weight is 386 g/mol. The molecule has 4 nitrogen and oxygen atoms in total. The Morgan fingerprint density at radius 3 is 1.96 bits per heavy atom. The second-order valence-corrected chi connectivity index (χ2v) is 7.71. The highest BCUT2D eigenvalue weighted by Crippen LogP contribution is 2.35. The molecule has 0 aliphatic carbocycles. The van der Waals surface area contributed by atoms with Gasteiger partial charge in [-0.25, -0.2) is 0 Å². The Labute approximate surface area is 166 Å². The number of carbonyl (C=O) groups excluding carboxylic acids is 1. The summed E-state index contributed by atoms with van der Waals surface area (Å²) in [6.07, 6.45) is 0. The second-order valence-electron chi connectivity index (χ2n) is 7.11. The van der Waals surface area contributed by atoms with Crippen LogP contribution in [0.25, 0.3) is 0 Å². The zero-order valence-electron chi connectivity index (χ0n) is 15.9. The van der Waals surface area contributed by atoms with Crippen LogP contribution < -0.4 is 4.90 Å². The molecule has 0 aromatic heterocycles. The van der Waals surface area contributed by atoms with Crippen LogP contribution in [0.5, 0.6) is 0 Å². The van der Waals surface area contributed by atoms with Crippen molar-refractivity contribution in [1.82, 2.24) is 0 Å². The van der Waals surface area contributed by atoms with Gasteiger partial charge in [0.05, 0.1) is 5.92 Å². The molecule has 1 amide bonds. The fraction of sp³-hybridized carbons (Fsp3) is 0.364. The van der Waals surface area contributed by atoms with Gasteiger partial charge in [0.1, 0.15) is 6.54 Å². The number of hydrogen-bond acceptors (Lipinski definition) is 3. The van der Waals surface area contributed by atoms with Crippen molar-refractivity contribution in [2.45, 2.75) is 31.9 Å². The van der Waals surface area contributed by atoms with E-state index in [1.807, 2.05) is 57.2 Å². The number of nitrogens with zero attached hydrogens (tertiary/aromatic N) is 1. The van der Waals surface area contributed by atoms with Crippen LogP contribution in [0.3, 0.4) is 0 Å². The molecule has 0 radical (unpaired) electrons. The van der Waals surface area contributed by atoms with Crippen LogP contribution in [0, 0.1) is 11.8 Å². The van der Waals surface area contributed by atoms with E-state index >= 15 is 0 Å². The van der Waals surface area contributed by atoms with Gasteiger partial charge in [-0.1, -0.05) is 69.3 Å². The highest BCUT2D eigenvalue weighted by Gasteiger charge is 2.37. The molecule has 0 saturated carbocycles. The molecule has 144 valence electrons. The molecule has 2 rings (SSSR count). The number of carboxylic acids is 1. The summed E-state index contributed by atoms with van der Waals surface area (Å²) in [5.41, 5.74) is 1.62. The van der Waals surface area contributed by atoms with E-state index in [0.29, 0.717) is 5.69 Å². The zero-order valence-corrected chi connectivity index (χ0v) is 16.8. The molecule has 3 atom stereocenters. The lowest BCUT2D eigenvalue weighted by molar-refractivity contribution is -0.137.